The van der Waals surface area contributed by atoms with E-state index in [0.29, 0.717) is 32.0 Å². The molecule has 0 unspecified atom stereocenters. The number of aryl methyl sites for hydroxylation is 1. The number of carbonyl (C=O) groups excluding carboxylic acids is 2. The molecule has 4 rings (SSSR count). The first-order chi connectivity index (χ1) is 12.5. The summed E-state index contributed by atoms with van der Waals surface area (Å²) in [6.07, 6.45) is 0. The van der Waals surface area contributed by atoms with Crippen LogP contribution >= 0.6 is 0 Å². The average molecular weight is 355 g/mol. The minimum atomic E-state index is -0.745. The zero-order valence-corrected chi connectivity index (χ0v) is 14.8. The molecule has 0 bridgehead atoms. The second-order valence-electron chi connectivity index (χ2n) is 6.95. The molecule has 0 aliphatic carbocycles. The largest absolute Gasteiger partial charge is 0.468 e. The van der Waals surface area contributed by atoms with Crippen molar-refractivity contribution in [3.05, 3.63) is 42.1 Å². The van der Waals surface area contributed by atoms with E-state index in [1.54, 1.807) is 22.7 Å². The Bertz CT molecular complexity index is 848. The van der Waals surface area contributed by atoms with Gasteiger partial charge in [0.15, 0.2) is 0 Å². The summed E-state index contributed by atoms with van der Waals surface area (Å²) < 4.78 is 12.1. The van der Waals surface area contributed by atoms with E-state index in [1.165, 1.54) is 7.11 Å². The van der Waals surface area contributed by atoms with Crippen molar-refractivity contribution in [1.29, 1.82) is 0 Å². The minimum Gasteiger partial charge on any atom is -0.468 e. The number of ether oxygens (including phenoxy) is 2. The normalized spacial score (nSPS) is 24.5. The lowest BCUT2D eigenvalue weighted by molar-refractivity contribution is -0.153. The first-order valence-electron chi connectivity index (χ1n) is 8.60. The monoisotopic (exact) mass is 355 g/mol. The van der Waals surface area contributed by atoms with Gasteiger partial charge in [-0.1, -0.05) is 30.3 Å². The van der Waals surface area contributed by atoms with Crippen molar-refractivity contribution in [3.63, 3.8) is 0 Å². The summed E-state index contributed by atoms with van der Waals surface area (Å²) in [5.74, 6) is -0.453. The Morgan fingerprint density at radius 1 is 1.31 bits per heavy atom. The quantitative estimate of drug-likeness (QED) is 0.777. The number of fused-ring (bicyclic) bond motifs is 1. The maximum absolute atomic E-state index is 13.1. The Morgan fingerprint density at radius 3 is 2.81 bits per heavy atom. The first-order valence-corrected chi connectivity index (χ1v) is 8.60. The van der Waals surface area contributed by atoms with E-state index in [4.69, 9.17) is 9.47 Å². The topological polar surface area (TPSA) is 73.7 Å². The molecule has 7 heteroatoms. The van der Waals surface area contributed by atoms with E-state index in [0.717, 1.165) is 11.3 Å². The maximum atomic E-state index is 13.1. The fraction of sp³-hybridized carbons (Fsp3) is 0.421. The van der Waals surface area contributed by atoms with E-state index in [2.05, 4.69) is 5.10 Å². The van der Waals surface area contributed by atoms with E-state index in [1.807, 2.05) is 30.3 Å². The van der Waals surface area contributed by atoms with Crippen LogP contribution in [0.2, 0.25) is 0 Å². The van der Waals surface area contributed by atoms with Crippen LogP contribution in [-0.2, 0) is 21.3 Å². The number of aromatic nitrogens is 2. The summed E-state index contributed by atoms with van der Waals surface area (Å²) in [7, 11) is 3.14. The minimum absolute atomic E-state index is 0.0271. The number of benzene rings is 1. The highest BCUT2D eigenvalue weighted by Crippen LogP contribution is 2.42. The third-order valence-electron chi connectivity index (χ3n) is 5.42. The van der Waals surface area contributed by atoms with Crippen molar-refractivity contribution in [2.75, 3.05) is 33.4 Å². The maximum Gasteiger partial charge on any atom is 0.316 e. The van der Waals surface area contributed by atoms with Crippen molar-refractivity contribution in [2.45, 2.75) is 0 Å². The number of likely N-dealkylation sites (tertiary alicyclic amines) is 1. The molecule has 0 radical (unpaired) electrons. The number of rotatable bonds is 3. The van der Waals surface area contributed by atoms with Crippen LogP contribution < -0.4 is 0 Å². The number of nitrogens with zero attached hydrogens (tertiary/aromatic N) is 3. The molecule has 2 fully saturated rings. The highest BCUT2D eigenvalue weighted by Gasteiger charge is 2.57. The Morgan fingerprint density at radius 2 is 2.08 bits per heavy atom. The summed E-state index contributed by atoms with van der Waals surface area (Å²) in [5, 5.41) is 4.47. The van der Waals surface area contributed by atoms with Crippen LogP contribution in [0, 0.1) is 11.3 Å². The lowest BCUT2D eigenvalue weighted by Gasteiger charge is -2.23. The van der Waals surface area contributed by atoms with Crippen molar-refractivity contribution in [3.8, 4) is 11.3 Å². The van der Waals surface area contributed by atoms with E-state index < -0.39 is 5.41 Å². The van der Waals surface area contributed by atoms with Gasteiger partial charge in [0.05, 0.1) is 26.0 Å². The molecule has 2 saturated heterocycles. The van der Waals surface area contributed by atoms with Gasteiger partial charge in [0.25, 0.3) is 5.91 Å². The number of carbonyl (C=O) groups is 2. The molecule has 2 aliphatic heterocycles. The number of esters is 1. The molecule has 0 N–H and O–H groups in total. The van der Waals surface area contributed by atoms with Crippen LogP contribution in [0.4, 0.5) is 0 Å². The molecule has 2 aromatic rings. The summed E-state index contributed by atoms with van der Waals surface area (Å²) in [4.78, 5) is 27.1. The van der Waals surface area contributed by atoms with Gasteiger partial charge >= 0.3 is 5.97 Å². The van der Waals surface area contributed by atoms with Gasteiger partial charge in [0.2, 0.25) is 0 Å². The van der Waals surface area contributed by atoms with Gasteiger partial charge < -0.3 is 14.4 Å². The van der Waals surface area contributed by atoms with Gasteiger partial charge in [0, 0.05) is 31.6 Å². The molecular weight excluding hydrogens is 334 g/mol. The number of amides is 1. The van der Waals surface area contributed by atoms with Gasteiger partial charge in [-0.3, -0.25) is 14.3 Å². The van der Waals surface area contributed by atoms with Gasteiger partial charge in [-0.2, -0.15) is 5.10 Å². The van der Waals surface area contributed by atoms with Gasteiger partial charge in [0.1, 0.15) is 11.1 Å². The number of methoxy groups -OCH3 is 1. The Labute approximate surface area is 151 Å². The molecule has 3 heterocycles. The third-order valence-corrected chi connectivity index (χ3v) is 5.42. The SMILES string of the molecule is COC(=O)[C@@]12COC[C@@H]1CN(C(=O)c1cc(-c3ccccc3)nn1C)C2. The highest BCUT2D eigenvalue weighted by atomic mass is 16.5. The first kappa shape index (κ1) is 16.8. The summed E-state index contributed by atoms with van der Waals surface area (Å²) in [6, 6.07) is 11.5. The zero-order valence-electron chi connectivity index (χ0n) is 14.8. The van der Waals surface area contributed by atoms with Crippen molar-refractivity contribution < 1.29 is 19.1 Å². The van der Waals surface area contributed by atoms with Crippen LogP contribution in [0.3, 0.4) is 0 Å². The van der Waals surface area contributed by atoms with E-state index >= 15 is 0 Å². The Balaban J connectivity index is 1.60. The van der Waals surface area contributed by atoms with Crippen LogP contribution in [-0.4, -0.2) is 60.0 Å². The van der Waals surface area contributed by atoms with Crippen LogP contribution in [0.5, 0.6) is 0 Å². The van der Waals surface area contributed by atoms with Crippen LogP contribution in [0.25, 0.3) is 11.3 Å². The average Bonchev–Trinajstić information content (AvgIpc) is 3.33. The van der Waals surface area contributed by atoms with E-state index in [9.17, 15) is 9.59 Å². The second-order valence-corrected chi connectivity index (χ2v) is 6.95. The molecule has 2 atom stereocenters. The molecule has 1 amide bonds. The summed E-state index contributed by atoms with van der Waals surface area (Å²) in [6.45, 7) is 1.57. The van der Waals surface area contributed by atoms with Gasteiger partial charge in [-0.05, 0) is 6.07 Å². The fourth-order valence-corrected chi connectivity index (χ4v) is 3.96. The highest BCUT2D eigenvalue weighted by molar-refractivity contribution is 5.95. The third kappa shape index (κ3) is 2.50. The number of hydrogen-bond donors (Lipinski definition) is 0. The molecule has 1 aromatic carbocycles. The summed E-state index contributed by atoms with van der Waals surface area (Å²) >= 11 is 0. The van der Waals surface area contributed by atoms with E-state index in [-0.39, 0.29) is 17.8 Å². The Hall–Kier alpha value is -2.67. The molecule has 0 saturated carbocycles. The van der Waals surface area contributed by atoms with Gasteiger partial charge in [-0.15, -0.1) is 0 Å². The number of hydrogen-bond acceptors (Lipinski definition) is 5. The standard InChI is InChI=1S/C19H21N3O4/c1-21-16(8-15(20-21)13-6-4-3-5-7-13)17(23)22-9-14-10-26-12-19(14,11-22)18(24)25-2/h3-8,14H,9-12H2,1-2H3/t14-,19-/m0/s1. The van der Waals surface area contributed by atoms with Crippen molar-refractivity contribution >= 4 is 11.9 Å². The molecule has 7 nitrogen and oxygen atoms in total. The Kier molecular flexibility index (Phi) is 4.03. The van der Waals surface area contributed by atoms with Crippen molar-refractivity contribution in [1.82, 2.24) is 14.7 Å². The smallest absolute Gasteiger partial charge is 0.316 e. The van der Waals surface area contributed by atoms with Crippen LogP contribution in [0.15, 0.2) is 36.4 Å². The lowest BCUT2D eigenvalue weighted by atomic mass is 9.81. The lowest BCUT2D eigenvalue weighted by Crippen LogP contribution is -2.41. The molecule has 26 heavy (non-hydrogen) atoms. The second kappa shape index (κ2) is 6.25. The summed E-state index contributed by atoms with van der Waals surface area (Å²) in [5.41, 5.74) is 1.47. The molecule has 136 valence electrons. The van der Waals surface area contributed by atoms with Crippen molar-refractivity contribution in [2.24, 2.45) is 18.4 Å². The fourth-order valence-electron chi connectivity index (χ4n) is 3.96. The predicted molar refractivity (Wildman–Crippen MR) is 93.3 cm³/mol. The van der Waals surface area contributed by atoms with Gasteiger partial charge in [-0.25, -0.2) is 0 Å². The van der Waals surface area contributed by atoms with Crippen LogP contribution in [0.1, 0.15) is 10.5 Å². The zero-order chi connectivity index (χ0) is 18.3. The molecule has 1 aromatic heterocycles. The predicted octanol–water partition coefficient (Wildman–Crippen LogP) is 1.35. The molecule has 0 spiro atoms. The molecular formula is C19H21N3O4. The molecule has 2 aliphatic rings.